The number of piperidine rings is 2. The molecule has 0 radical (unpaired) electrons. The van der Waals surface area contributed by atoms with E-state index in [1.165, 1.54) is 0 Å². The van der Waals surface area contributed by atoms with Crippen molar-refractivity contribution in [3.05, 3.63) is 0 Å². The van der Waals surface area contributed by atoms with E-state index in [1.807, 2.05) is 25.7 Å². The fourth-order valence-corrected chi connectivity index (χ4v) is 3.10. The largest absolute Gasteiger partial charge is 0.353 e. The van der Waals surface area contributed by atoms with Gasteiger partial charge in [-0.05, 0) is 32.2 Å². The molecule has 0 aromatic rings. The number of likely N-dealkylation sites (tertiary alicyclic amines) is 1. The summed E-state index contributed by atoms with van der Waals surface area (Å²) in [6.07, 6.45) is 3.80. The topological polar surface area (TPSA) is 61.4 Å². The molecule has 0 saturated carbocycles. The first kappa shape index (κ1) is 16.3. The molecule has 5 nitrogen and oxygen atoms in total. The van der Waals surface area contributed by atoms with Gasteiger partial charge in [-0.1, -0.05) is 20.8 Å². The number of amides is 2. The summed E-state index contributed by atoms with van der Waals surface area (Å²) in [6, 6.07) is 0.225. The van der Waals surface area contributed by atoms with Crippen LogP contribution in [0, 0.1) is 11.3 Å². The highest BCUT2D eigenvalue weighted by molar-refractivity contribution is 5.82. The van der Waals surface area contributed by atoms with E-state index in [1.54, 1.807) is 0 Å². The maximum atomic E-state index is 12.2. The van der Waals surface area contributed by atoms with Crippen LogP contribution in [0.15, 0.2) is 0 Å². The second-order valence-electron chi connectivity index (χ2n) is 7.37. The van der Waals surface area contributed by atoms with E-state index in [2.05, 4.69) is 10.6 Å². The van der Waals surface area contributed by atoms with Crippen LogP contribution < -0.4 is 10.6 Å². The van der Waals surface area contributed by atoms with Gasteiger partial charge in [-0.2, -0.15) is 0 Å². The molecule has 2 heterocycles. The average molecular weight is 295 g/mol. The Bertz CT molecular complexity index is 375. The van der Waals surface area contributed by atoms with Crippen LogP contribution in [-0.4, -0.2) is 48.9 Å². The first-order valence-electron chi connectivity index (χ1n) is 8.18. The molecule has 2 aliphatic rings. The number of rotatable bonds is 2. The van der Waals surface area contributed by atoms with Gasteiger partial charge in [0.2, 0.25) is 11.8 Å². The van der Waals surface area contributed by atoms with Crippen molar-refractivity contribution in [3.63, 3.8) is 0 Å². The smallest absolute Gasteiger partial charge is 0.227 e. The highest BCUT2D eigenvalue weighted by Gasteiger charge is 2.31. The molecule has 0 aromatic heterocycles. The number of hydrogen-bond acceptors (Lipinski definition) is 3. The third kappa shape index (κ3) is 4.43. The van der Waals surface area contributed by atoms with Gasteiger partial charge in [0.15, 0.2) is 0 Å². The lowest BCUT2D eigenvalue weighted by Gasteiger charge is -2.36. The van der Waals surface area contributed by atoms with Crippen LogP contribution in [0.2, 0.25) is 0 Å². The van der Waals surface area contributed by atoms with E-state index in [-0.39, 0.29) is 29.2 Å². The van der Waals surface area contributed by atoms with Gasteiger partial charge < -0.3 is 15.5 Å². The molecule has 0 bridgehead atoms. The first-order valence-corrected chi connectivity index (χ1v) is 8.18. The Kier molecular flexibility index (Phi) is 5.25. The van der Waals surface area contributed by atoms with Crippen molar-refractivity contribution in [2.24, 2.45) is 11.3 Å². The Hall–Kier alpha value is -1.10. The van der Waals surface area contributed by atoms with Gasteiger partial charge in [0, 0.05) is 31.1 Å². The molecule has 5 heteroatoms. The second-order valence-corrected chi connectivity index (χ2v) is 7.37. The lowest BCUT2D eigenvalue weighted by molar-refractivity contribution is -0.140. The maximum Gasteiger partial charge on any atom is 0.227 e. The van der Waals surface area contributed by atoms with Crippen LogP contribution in [0.25, 0.3) is 0 Å². The number of nitrogens with zero attached hydrogens (tertiary/aromatic N) is 1. The highest BCUT2D eigenvalue weighted by Crippen LogP contribution is 2.21. The van der Waals surface area contributed by atoms with Crippen molar-refractivity contribution in [2.45, 2.75) is 52.5 Å². The Morgan fingerprint density at radius 3 is 2.33 bits per heavy atom. The van der Waals surface area contributed by atoms with Gasteiger partial charge in [-0.3, -0.25) is 9.59 Å². The van der Waals surface area contributed by atoms with Crippen LogP contribution in [0.4, 0.5) is 0 Å². The molecule has 2 saturated heterocycles. The van der Waals surface area contributed by atoms with Crippen LogP contribution in [0.3, 0.4) is 0 Å². The highest BCUT2D eigenvalue weighted by atomic mass is 16.2. The predicted octanol–water partition coefficient (Wildman–Crippen LogP) is 1.14. The third-order valence-corrected chi connectivity index (χ3v) is 4.44. The number of hydrogen-bond donors (Lipinski definition) is 2. The van der Waals surface area contributed by atoms with Crippen LogP contribution in [0.5, 0.6) is 0 Å². The third-order valence-electron chi connectivity index (χ3n) is 4.44. The Balaban J connectivity index is 1.76. The molecule has 2 aliphatic heterocycles. The van der Waals surface area contributed by atoms with Gasteiger partial charge in [-0.15, -0.1) is 0 Å². The molecular formula is C16H29N3O2. The van der Waals surface area contributed by atoms with E-state index >= 15 is 0 Å². The number of carbonyl (C=O) groups excluding carboxylic acids is 2. The van der Waals surface area contributed by atoms with Crippen molar-refractivity contribution < 1.29 is 9.59 Å². The van der Waals surface area contributed by atoms with Crippen molar-refractivity contribution in [3.8, 4) is 0 Å². The monoisotopic (exact) mass is 295 g/mol. The van der Waals surface area contributed by atoms with Crippen molar-refractivity contribution in [2.75, 3.05) is 26.2 Å². The standard InChI is InChI=1S/C16H29N3O2/c1-16(2,3)15(21)19-9-6-13(7-10-19)18-14(20)12-5-4-8-17-11-12/h12-13,17H,4-11H2,1-3H3,(H,18,20). The maximum absolute atomic E-state index is 12.2. The SMILES string of the molecule is CC(C)(C)C(=O)N1CCC(NC(=O)C2CCCNC2)CC1. The molecule has 2 rings (SSSR count). The second kappa shape index (κ2) is 6.77. The molecule has 2 amide bonds. The minimum absolute atomic E-state index is 0.119. The molecule has 1 atom stereocenters. The van der Waals surface area contributed by atoms with Crippen molar-refractivity contribution >= 4 is 11.8 Å². The minimum Gasteiger partial charge on any atom is -0.353 e. The summed E-state index contributed by atoms with van der Waals surface area (Å²) in [5.74, 6) is 0.513. The zero-order valence-corrected chi connectivity index (χ0v) is 13.6. The zero-order valence-electron chi connectivity index (χ0n) is 13.6. The van der Waals surface area contributed by atoms with Gasteiger partial charge in [0.25, 0.3) is 0 Å². The molecule has 0 aromatic carbocycles. The zero-order chi connectivity index (χ0) is 15.5. The molecule has 0 aliphatic carbocycles. The van der Waals surface area contributed by atoms with E-state index in [9.17, 15) is 9.59 Å². The van der Waals surface area contributed by atoms with Gasteiger partial charge in [-0.25, -0.2) is 0 Å². The fraction of sp³-hybridized carbons (Fsp3) is 0.875. The number of nitrogens with one attached hydrogen (secondary N) is 2. The summed E-state index contributed by atoms with van der Waals surface area (Å²) in [7, 11) is 0. The molecule has 21 heavy (non-hydrogen) atoms. The average Bonchev–Trinajstić information content (AvgIpc) is 2.47. The van der Waals surface area contributed by atoms with Gasteiger partial charge in [0.05, 0.1) is 5.92 Å². The molecular weight excluding hydrogens is 266 g/mol. The van der Waals surface area contributed by atoms with E-state index < -0.39 is 0 Å². The molecule has 2 N–H and O–H groups in total. The lowest BCUT2D eigenvalue weighted by Crippen LogP contribution is -2.51. The van der Waals surface area contributed by atoms with Crippen LogP contribution in [-0.2, 0) is 9.59 Å². The molecule has 1 unspecified atom stereocenters. The van der Waals surface area contributed by atoms with Gasteiger partial charge >= 0.3 is 0 Å². The van der Waals surface area contributed by atoms with Gasteiger partial charge in [0.1, 0.15) is 0 Å². The lowest BCUT2D eigenvalue weighted by atomic mass is 9.92. The summed E-state index contributed by atoms with van der Waals surface area (Å²) >= 11 is 0. The Labute approximate surface area is 127 Å². The first-order chi connectivity index (χ1) is 9.88. The molecule has 0 spiro atoms. The Morgan fingerprint density at radius 1 is 1.14 bits per heavy atom. The van der Waals surface area contributed by atoms with Crippen LogP contribution >= 0.6 is 0 Å². The van der Waals surface area contributed by atoms with Crippen molar-refractivity contribution in [1.82, 2.24) is 15.5 Å². The van der Waals surface area contributed by atoms with E-state index in [0.717, 1.165) is 51.9 Å². The van der Waals surface area contributed by atoms with Crippen LogP contribution in [0.1, 0.15) is 46.5 Å². The summed E-state index contributed by atoms with van der Waals surface area (Å²) in [6.45, 7) is 9.20. The fourth-order valence-electron chi connectivity index (χ4n) is 3.10. The predicted molar refractivity (Wildman–Crippen MR) is 82.8 cm³/mol. The summed E-state index contributed by atoms with van der Waals surface area (Å²) in [5, 5.41) is 6.45. The molecule has 120 valence electrons. The summed E-state index contributed by atoms with van der Waals surface area (Å²) < 4.78 is 0. The minimum atomic E-state index is -0.316. The van der Waals surface area contributed by atoms with E-state index in [4.69, 9.17) is 0 Å². The van der Waals surface area contributed by atoms with Crippen molar-refractivity contribution in [1.29, 1.82) is 0 Å². The summed E-state index contributed by atoms with van der Waals surface area (Å²) in [4.78, 5) is 26.4. The quantitative estimate of drug-likeness (QED) is 0.803. The van der Waals surface area contributed by atoms with E-state index in [0.29, 0.717) is 0 Å². The summed E-state index contributed by atoms with van der Waals surface area (Å²) in [5.41, 5.74) is -0.316. The number of carbonyl (C=O) groups is 2. The normalized spacial score (nSPS) is 24.7. The molecule has 2 fully saturated rings. The Morgan fingerprint density at radius 2 is 1.81 bits per heavy atom.